The van der Waals surface area contributed by atoms with Gasteiger partial charge in [0.25, 0.3) is 0 Å². The van der Waals surface area contributed by atoms with Gasteiger partial charge in [-0.1, -0.05) is 140 Å². The molecule has 11 aromatic rings. The fraction of sp³-hybridized carbons (Fsp3) is 0. The second kappa shape index (κ2) is 12.9. The largest absolute Gasteiger partial charge is 0.456 e. The Morgan fingerprint density at radius 2 is 1.04 bits per heavy atom. The van der Waals surface area contributed by atoms with Gasteiger partial charge in [0.15, 0.2) is 0 Å². The molecule has 9 aromatic carbocycles. The van der Waals surface area contributed by atoms with E-state index in [9.17, 15) is 0 Å². The van der Waals surface area contributed by atoms with Gasteiger partial charge in [0.05, 0.1) is 5.69 Å². The molecule has 0 unspecified atom stereocenters. The van der Waals surface area contributed by atoms with Crippen LogP contribution < -0.4 is 4.90 Å². The number of anilines is 3. The number of thiophene rings is 1. The van der Waals surface area contributed by atoms with E-state index in [4.69, 9.17) is 4.42 Å². The summed E-state index contributed by atoms with van der Waals surface area (Å²) in [5, 5.41) is 7.27. The molecule has 2 heterocycles. The first-order chi connectivity index (χ1) is 27.3. The van der Waals surface area contributed by atoms with E-state index in [0.29, 0.717) is 0 Å². The molecule has 55 heavy (non-hydrogen) atoms. The first kappa shape index (κ1) is 31.6. The van der Waals surface area contributed by atoms with Gasteiger partial charge < -0.3 is 9.32 Å². The summed E-state index contributed by atoms with van der Waals surface area (Å²) in [6.07, 6.45) is 0. The van der Waals surface area contributed by atoms with Crippen LogP contribution in [0.2, 0.25) is 0 Å². The molecule has 0 bridgehead atoms. The van der Waals surface area contributed by atoms with Crippen molar-refractivity contribution in [1.82, 2.24) is 0 Å². The quantitative estimate of drug-likeness (QED) is 0.170. The van der Waals surface area contributed by atoms with Gasteiger partial charge in [0.1, 0.15) is 11.2 Å². The van der Waals surface area contributed by atoms with Crippen molar-refractivity contribution in [2.45, 2.75) is 0 Å². The average molecular weight is 720 g/mol. The van der Waals surface area contributed by atoms with E-state index in [1.54, 1.807) is 0 Å². The molecule has 0 amide bonds. The van der Waals surface area contributed by atoms with Crippen molar-refractivity contribution in [3.63, 3.8) is 0 Å². The average Bonchev–Trinajstić information content (AvgIpc) is 3.84. The van der Waals surface area contributed by atoms with E-state index in [0.717, 1.165) is 39.2 Å². The summed E-state index contributed by atoms with van der Waals surface area (Å²) in [5.41, 5.74) is 12.3. The molecule has 3 heteroatoms. The van der Waals surface area contributed by atoms with Crippen molar-refractivity contribution in [2.24, 2.45) is 0 Å². The smallest absolute Gasteiger partial charge is 0.136 e. The van der Waals surface area contributed by atoms with Crippen LogP contribution in [-0.4, -0.2) is 0 Å². The number of hydrogen-bond donors (Lipinski definition) is 0. The summed E-state index contributed by atoms with van der Waals surface area (Å²) in [7, 11) is 0. The van der Waals surface area contributed by atoms with Gasteiger partial charge >= 0.3 is 0 Å². The zero-order chi connectivity index (χ0) is 36.3. The lowest BCUT2D eigenvalue weighted by Crippen LogP contribution is -2.10. The fourth-order valence-corrected chi connectivity index (χ4v) is 9.45. The molecule has 0 aliphatic heterocycles. The minimum absolute atomic E-state index is 0.911. The van der Waals surface area contributed by atoms with E-state index in [1.807, 2.05) is 17.4 Å². The summed E-state index contributed by atoms with van der Waals surface area (Å²) in [6.45, 7) is 0. The molecule has 11 rings (SSSR count). The van der Waals surface area contributed by atoms with Crippen LogP contribution in [0.15, 0.2) is 205 Å². The van der Waals surface area contributed by atoms with Crippen molar-refractivity contribution >= 4 is 81.3 Å². The van der Waals surface area contributed by atoms with Crippen LogP contribution in [-0.2, 0) is 0 Å². The number of nitrogens with zero attached hydrogens (tertiary/aromatic N) is 1. The van der Waals surface area contributed by atoms with Gasteiger partial charge in [-0.25, -0.2) is 0 Å². The normalized spacial score (nSPS) is 11.6. The number of benzene rings is 9. The molecule has 0 aliphatic rings. The van der Waals surface area contributed by atoms with E-state index in [1.165, 1.54) is 64.1 Å². The predicted molar refractivity (Wildman–Crippen MR) is 235 cm³/mol. The monoisotopic (exact) mass is 719 g/mol. The van der Waals surface area contributed by atoms with Crippen molar-refractivity contribution in [1.29, 1.82) is 0 Å². The third kappa shape index (κ3) is 5.32. The second-order valence-corrected chi connectivity index (χ2v) is 15.2. The lowest BCUT2D eigenvalue weighted by atomic mass is 9.94. The highest BCUT2D eigenvalue weighted by Crippen LogP contribution is 2.46. The van der Waals surface area contributed by atoms with Crippen molar-refractivity contribution in [3.8, 4) is 33.4 Å². The summed E-state index contributed by atoms with van der Waals surface area (Å²) >= 11 is 1.85. The molecule has 0 radical (unpaired) electrons. The van der Waals surface area contributed by atoms with E-state index in [2.05, 4.69) is 199 Å². The molecule has 0 spiro atoms. The molecule has 258 valence electrons. The molecule has 0 N–H and O–H groups in total. The van der Waals surface area contributed by atoms with Crippen LogP contribution >= 0.6 is 11.3 Å². The predicted octanol–water partition coefficient (Wildman–Crippen LogP) is 15.6. The fourth-order valence-electron chi connectivity index (χ4n) is 8.33. The highest BCUT2D eigenvalue weighted by molar-refractivity contribution is 7.26. The molecule has 0 aliphatic carbocycles. The Bertz CT molecular complexity index is 3210. The first-order valence-electron chi connectivity index (χ1n) is 18.7. The molecule has 0 atom stereocenters. The van der Waals surface area contributed by atoms with Crippen LogP contribution in [0.5, 0.6) is 0 Å². The van der Waals surface area contributed by atoms with Crippen LogP contribution in [0.4, 0.5) is 17.1 Å². The standard InChI is InChI=1S/C52H33NOS/c1-2-12-34(13-3-1)37-15-8-16-38(32-37)39-17-9-18-41(33-39)53(45-22-11-25-49-51(45)44-20-5-7-24-48(44)55-49)40-29-26-35(27-30-40)42-21-10-14-36-28-31-47-52(50(36)42)43-19-4-6-23-46(43)54-47/h1-33H. The van der Waals surface area contributed by atoms with Gasteiger partial charge in [-0.05, 0) is 99.4 Å². The minimum Gasteiger partial charge on any atom is -0.456 e. The molecule has 0 saturated carbocycles. The molecule has 2 nitrogen and oxygen atoms in total. The van der Waals surface area contributed by atoms with E-state index >= 15 is 0 Å². The Morgan fingerprint density at radius 1 is 0.364 bits per heavy atom. The maximum Gasteiger partial charge on any atom is 0.136 e. The third-order valence-electron chi connectivity index (χ3n) is 10.8. The number of para-hydroxylation sites is 1. The number of hydrogen-bond acceptors (Lipinski definition) is 3. The van der Waals surface area contributed by atoms with Crippen molar-refractivity contribution < 1.29 is 4.42 Å². The number of fused-ring (bicyclic) bond motifs is 8. The third-order valence-corrected chi connectivity index (χ3v) is 12.0. The van der Waals surface area contributed by atoms with Gasteiger partial charge in [-0.15, -0.1) is 11.3 Å². The Kier molecular flexibility index (Phi) is 7.39. The molecular weight excluding hydrogens is 687 g/mol. The van der Waals surface area contributed by atoms with Gasteiger partial charge in [-0.3, -0.25) is 0 Å². The van der Waals surface area contributed by atoms with Gasteiger partial charge in [-0.2, -0.15) is 0 Å². The van der Waals surface area contributed by atoms with Crippen LogP contribution in [0, 0.1) is 0 Å². The maximum absolute atomic E-state index is 6.32. The Morgan fingerprint density at radius 3 is 1.91 bits per heavy atom. The van der Waals surface area contributed by atoms with E-state index in [-0.39, 0.29) is 0 Å². The number of furan rings is 1. The lowest BCUT2D eigenvalue weighted by molar-refractivity contribution is 0.669. The molecular formula is C52H33NOS. The zero-order valence-corrected chi connectivity index (χ0v) is 30.6. The SMILES string of the molecule is c1ccc(-c2cccc(-c3cccc(N(c4ccc(-c5cccc6ccc7oc8ccccc8c7c56)cc4)c4cccc5sc6ccccc6c45)c3)c2)cc1. The molecule has 0 fully saturated rings. The molecule has 0 saturated heterocycles. The topological polar surface area (TPSA) is 16.4 Å². The first-order valence-corrected chi connectivity index (χ1v) is 19.5. The highest BCUT2D eigenvalue weighted by atomic mass is 32.1. The summed E-state index contributed by atoms with van der Waals surface area (Å²) in [4.78, 5) is 2.43. The van der Waals surface area contributed by atoms with Gasteiger partial charge in [0.2, 0.25) is 0 Å². The number of rotatable bonds is 6. The summed E-state index contributed by atoms with van der Waals surface area (Å²) < 4.78 is 8.89. The van der Waals surface area contributed by atoms with E-state index < -0.39 is 0 Å². The Labute approximate surface area is 322 Å². The maximum atomic E-state index is 6.32. The molecule has 2 aromatic heterocycles. The minimum atomic E-state index is 0.911. The Hall–Kier alpha value is -6.94. The summed E-state index contributed by atoms with van der Waals surface area (Å²) in [5.74, 6) is 0. The highest BCUT2D eigenvalue weighted by Gasteiger charge is 2.20. The second-order valence-electron chi connectivity index (χ2n) is 14.1. The zero-order valence-electron chi connectivity index (χ0n) is 29.8. The summed E-state index contributed by atoms with van der Waals surface area (Å²) in [6, 6.07) is 72.2. The Balaban J connectivity index is 1.09. The lowest BCUT2D eigenvalue weighted by Gasteiger charge is -2.27. The van der Waals surface area contributed by atoms with Gasteiger partial charge in [0, 0.05) is 47.7 Å². The van der Waals surface area contributed by atoms with Crippen molar-refractivity contribution in [2.75, 3.05) is 4.90 Å². The van der Waals surface area contributed by atoms with Crippen molar-refractivity contribution in [3.05, 3.63) is 200 Å². The van der Waals surface area contributed by atoms with Crippen LogP contribution in [0.3, 0.4) is 0 Å². The van der Waals surface area contributed by atoms with Crippen LogP contribution in [0.25, 0.3) is 86.3 Å². The van der Waals surface area contributed by atoms with Crippen LogP contribution in [0.1, 0.15) is 0 Å².